The summed E-state index contributed by atoms with van der Waals surface area (Å²) in [5, 5.41) is 0.940. The van der Waals surface area contributed by atoms with Crippen molar-refractivity contribution >= 4 is 17.2 Å². The molecular weight excluding hydrogens is 374 g/mol. The van der Waals surface area contributed by atoms with Crippen LogP contribution in [-0.2, 0) is 4.74 Å². The Kier molecular flexibility index (Phi) is 5.38. The van der Waals surface area contributed by atoms with Gasteiger partial charge in [0, 0.05) is 38.2 Å². The molecule has 2 aromatic rings. The van der Waals surface area contributed by atoms with Gasteiger partial charge in [0.2, 0.25) is 5.88 Å². The van der Waals surface area contributed by atoms with E-state index in [2.05, 4.69) is 9.97 Å². The van der Waals surface area contributed by atoms with Crippen LogP contribution in [-0.4, -0.2) is 52.2 Å². The lowest BCUT2D eigenvalue weighted by Gasteiger charge is -2.45. The summed E-state index contributed by atoms with van der Waals surface area (Å²) in [6.45, 7) is 8.01. The second-order valence-electron chi connectivity index (χ2n) is 7.88. The van der Waals surface area contributed by atoms with Crippen LogP contribution in [0.1, 0.15) is 51.6 Å². The first-order chi connectivity index (χ1) is 13.4. The normalized spacial score (nSPS) is 21.7. The molecule has 6 nitrogen and oxygen atoms in total. The zero-order chi connectivity index (χ0) is 19.7. The number of hydrogen-bond acceptors (Lipinski definition) is 6. The lowest BCUT2D eigenvalue weighted by Crippen LogP contribution is -2.52. The monoisotopic (exact) mass is 401 g/mol. The third kappa shape index (κ3) is 4.05. The minimum atomic E-state index is -0.192. The zero-order valence-corrected chi connectivity index (χ0v) is 17.6. The largest absolute Gasteiger partial charge is 0.474 e. The number of piperidine rings is 1. The highest BCUT2D eigenvalue weighted by atomic mass is 32.1. The second-order valence-corrected chi connectivity index (χ2v) is 9.08. The molecule has 0 bridgehead atoms. The van der Waals surface area contributed by atoms with Crippen molar-refractivity contribution in [2.45, 2.75) is 58.2 Å². The fourth-order valence-electron chi connectivity index (χ4n) is 4.17. The summed E-state index contributed by atoms with van der Waals surface area (Å²) in [5.41, 5.74) is 1.79. The molecule has 28 heavy (non-hydrogen) atoms. The molecule has 0 N–H and O–H groups in total. The molecule has 0 aromatic carbocycles. The third-order valence-corrected chi connectivity index (χ3v) is 6.75. The lowest BCUT2D eigenvalue weighted by molar-refractivity contribution is -0.135. The number of likely N-dealkylation sites (tertiary alicyclic amines) is 1. The van der Waals surface area contributed by atoms with Gasteiger partial charge in [0.1, 0.15) is 11.0 Å². The van der Waals surface area contributed by atoms with Gasteiger partial charge >= 0.3 is 0 Å². The lowest BCUT2D eigenvalue weighted by atomic mass is 9.83. The van der Waals surface area contributed by atoms with E-state index in [1.165, 1.54) is 11.3 Å². The van der Waals surface area contributed by atoms with Crippen molar-refractivity contribution < 1.29 is 14.3 Å². The summed E-state index contributed by atoms with van der Waals surface area (Å²) in [6.07, 6.45) is 5.31. The molecule has 1 spiro atoms. The number of carbonyl (C=O) groups is 1. The van der Waals surface area contributed by atoms with Gasteiger partial charge in [-0.1, -0.05) is 0 Å². The number of carbonyl (C=O) groups excluding carboxylic acids is 1. The van der Waals surface area contributed by atoms with Crippen LogP contribution in [0.2, 0.25) is 0 Å². The molecule has 2 fully saturated rings. The molecule has 2 aliphatic rings. The maximum Gasteiger partial charge on any atom is 0.265 e. The standard InChI is InChI=1S/C21H27N3O3S/c1-14-4-8-22-18(12-14)27-17-5-11-26-21(13-17)6-9-24(10-7-21)20(25)19-15(2)23-16(3)28-19/h4,8,12,17H,5-7,9-11,13H2,1-3H3. The first-order valence-corrected chi connectivity index (χ1v) is 10.7. The summed E-state index contributed by atoms with van der Waals surface area (Å²) in [4.78, 5) is 24.3. The van der Waals surface area contributed by atoms with E-state index in [1.54, 1.807) is 6.20 Å². The van der Waals surface area contributed by atoms with Crippen LogP contribution < -0.4 is 4.74 Å². The molecule has 7 heteroatoms. The first kappa shape index (κ1) is 19.3. The summed E-state index contributed by atoms with van der Waals surface area (Å²) in [6, 6.07) is 3.94. The van der Waals surface area contributed by atoms with Crippen LogP contribution >= 0.6 is 11.3 Å². The number of thiazole rings is 1. The number of rotatable bonds is 3. The Morgan fingerprint density at radius 3 is 2.79 bits per heavy atom. The number of nitrogens with zero attached hydrogens (tertiary/aromatic N) is 3. The van der Waals surface area contributed by atoms with Crippen LogP contribution in [0.25, 0.3) is 0 Å². The van der Waals surface area contributed by atoms with E-state index in [0.29, 0.717) is 25.6 Å². The maximum atomic E-state index is 12.9. The van der Waals surface area contributed by atoms with Crippen molar-refractivity contribution in [1.82, 2.24) is 14.9 Å². The van der Waals surface area contributed by atoms with E-state index in [0.717, 1.165) is 46.8 Å². The van der Waals surface area contributed by atoms with Gasteiger partial charge < -0.3 is 14.4 Å². The van der Waals surface area contributed by atoms with E-state index in [-0.39, 0.29) is 17.6 Å². The Labute approximate surface area is 169 Å². The molecule has 0 radical (unpaired) electrons. The number of aryl methyl sites for hydroxylation is 3. The predicted molar refractivity (Wildman–Crippen MR) is 108 cm³/mol. The molecule has 1 atom stereocenters. The van der Waals surface area contributed by atoms with Crippen LogP contribution in [0.5, 0.6) is 5.88 Å². The second kappa shape index (κ2) is 7.79. The SMILES string of the molecule is Cc1ccnc(OC2CCOC3(CCN(C(=O)c4sc(C)nc4C)CC3)C2)c1. The van der Waals surface area contributed by atoms with E-state index in [1.807, 2.05) is 37.8 Å². The topological polar surface area (TPSA) is 64.6 Å². The van der Waals surface area contributed by atoms with Crippen LogP contribution in [0.3, 0.4) is 0 Å². The van der Waals surface area contributed by atoms with Gasteiger partial charge in [-0.3, -0.25) is 4.79 Å². The quantitative estimate of drug-likeness (QED) is 0.785. The molecule has 4 heterocycles. The van der Waals surface area contributed by atoms with Crippen molar-refractivity contribution in [3.63, 3.8) is 0 Å². The zero-order valence-electron chi connectivity index (χ0n) is 16.7. The molecule has 2 aromatic heterocycles. The van der Waals surface area contributed by atoms with Crippen molar-refractivity contribution in [3.05, 3.63) is 39.5 Å². The van der Waals surface area contributed by atoms with E-state index >= 15 is 0 Å². The first-order valence-electron chi connectivity index (χ1n) is 9.91. The number of hydrogen-bond donors (Lipinski definition) is 0. The van der Waals surface area contributed by atoms with Gasteiger partial charge in [-0.2, -0.15) is 0 Å². The molecule has 0 aliphatic carbocycles. The highest BCUT2D eigenvalue weighted by molar-refractivity contribution is 7.13. The fourth-order valence-corrected chi connectivity index (χ4v) is 5.05. The number of aromatic nitrogens is 2. The average molecular weight is 402 g/mol. The Hall–Kier alpha value is -1.99. The minimum Gasteiger partial charge on any atom is -0.474 e. The van der Waals surface area contributed by atoms with Gasteiger partial charge in [0.25, 0.3) is 5.91 Å². The average Bonchev–Trinajstić information content (AvgIpc) is 3.00. The number of pyridine rings is 1. The highest BCUT2D eigenvalue weighted by Crippen LogP contribution is 2.37. The van der Waals surface area contributed by atoms with Gasteiger partial charge in [-0.25, -0.2) is 9.97 Å². The van der Waals surface area contributed by atoms with Crippen LogP contribution in [0.4, 0.5) is 0 Å². The molecular formula is C21H27N3O3S. The maximum absolute atomic E-state index is 12.9. The van der Waals surface area contributed by atoms with Crippen LogP contribution in [0.15, 0.2) is 18.3 Å². The van der Waals surface area contributed by atoms with Crippen molar-refractivity contribution in [2.75, 3.05) is 19.7 Å². The van der Waals surface area contributed by atoms with E-state index in [9.17, 15) is 4.79 Å². The van der Waals surface area contributed by atoms with Crippen molar-refractivity contribution in [3.8, 4) is 5.88 Å². The highest BCUT2D eigenvalue weighted by Gasteiger charge is 2.42. The molecule has 0 saturated carbocycles. The third-order valence-electron chi connectivity index (χ3n) is 5.69. The summed E-state index contributed by atoms with van der Waals surface area (Å²) in [5.74, 6) is 0.788. The molecule has 2 saturated heterocycles. The Morgan fingerprint density at radius 1 is 1.32 bits per heavy atom. The van der Waals surface area contributed by atoms with Gasteiger partial charge in [-0.15, -0.1) is 11.3 Å². The summed E-state index contributed by atoms with van der Waals surface area (Å²) < 4.78 is 12.4. The van der Waals surface area contributed by atoms with E-state index in [4.69, 9.17) is 9.47 Å². The Morgan fingerprint density at radius 2 is 2.11 bits per heavy atom. The molecule has 4 rings (SSSR count). The minimum absolute atomic E-state index is 0.102. The molecule has 1 amide bonds. The fraction of sp³-hybridized carbons (Fsp3) is 0.571. The number of ether oxygens (including phenoxy) is 2. The summed E-state index contributed by atoms with van der Waals surface area (Å²) >= 11 is 1.49. The molecule has 1 unspecified atom stereocenters. The van der Waals surface area contributed by atoms with Gasteiger partial charge in [0.15, 0.2) is 0 Å². The number of amides is 1. The van der Waals surface area contributed by atoms with Crippen LogP contribution in [0, 0.1) is 20.8 Å². The van der Waals surface area contributed by atoms with Gasteiger partial charge in [-0.05, 0) is 45.2 Å². The van der Waals surface area contributed by atoms with Crippen molar-refractivity contribution in [2.24, 2.45) is 0 Å². The van der Waals surface area contributed by atoms with Crippen molar-refractivity contribution in [1.29, 1.82) is 0 Å². The predicted octanol–water partition coefficient (Wildman–Crippen LogP) is 3.70. The van der Waals surface area contributed by atoms with E-state index < -0.39 is 0 Å². The smallest absolute Gasteiger partial charge is 0.265 e. The Bertz CT molecular complexity index is 858. The Balaban J connectivity index is 1.37. The molecule has 150 valence electrons. The van der Waals surface area contributed by atoms with Gasteiger partial charge in [0.05, 0.1) is 22.9 Å². The summed E-state index contributed by atoms with van der Waals surface area (Å²) in [7, 11) is 0. The molecule has 2 aliphatic heterocycles.